The number of aliphatic hydroxyl groups excluding tert-OH is 1. The Balaban J connectivity index is -0.000000161. The topological polar surface area (TPSA) is 153 Å². The third-order valence-electron chi connectivity index (χ3n) is 5.01. The Bertz CT molecular complexity index is 604. The van der Waals surface area contributed by atoms with Crippen LogP contribution < -0.4 is 10.2 Å². The number of esters is 2. The van der Waals surface area contributed by atoms with Gasteiger partial charge in [-0.15, -0.1) is 0 Å². The van der Waals surface area contributed by atoms with Crippen molar-refractivity contribution in [3.8, 4) is 0 Å². The lowest BCUT2D eigenvalue weighted by molar-refractivity contribution is -0.316. The van der Waals surface area contributed by atoms with Gasteiger partial charge < -0.3 is 34.4 Å². The minimum Gasteiger partial charge on any atom is -0.550 e. The second-order valence-electron chi connectivity index (χ2n) is 8.82. The van der Waals surface area contributed by atoms with Gasteiger partial charge in [-0.3, -0.25) is 9.59 Å². The zero-order valence-corrected chi connectivity index (χ0v) is 20.0. The first-order valence-electron chi connectivity index (χ1n) is 10.5. The summed E-state index contributed by atoms with van der Waals surface area (Å²) < 4.78 is 10.1. The molecule has 0 aliphatic heterocycles. The number of carboxylic acid groups (broad SMARTS) is 2. The predicted molar refractivity (Wildman–Crippen MR) is 166 cm³/mol. The summed E-state index contributed by atoms with van der Waals surface area (Å²) in [5.41, 5.74) is 0. The van der Waals surface area contributed by atoms with Crippen LogP contribution in [0.2, 0.25) is 0 Å². The van der Waals surface area contributed by atoms with Gasteiger partial charge in [0.25, 0.3) is 0 Å². The van der Waals surface area contributed by atoms with Crippen LogP contribution in [0.15, 0.2) is 0 Å². The molecule has 0 heterocycles. The van der Waals surface area contributed by atoms with Gasteiger partial charge in [-0.05, 0) is 37.5 Å². The van der Waals surface area contributed by atoms with E-state index in [9.17, 15) is 29.4 Å². The Morgan fingerprint density at radius 3 is 1.44 bits per heavy atom. The summed E-state index contributed by atoms with van der Waals surface area (Å²) >= 11 is 0. The fraction of sp³-hybridized carbons (Fsp3) is 0.862. The van der Waals surface area contributed by atoms with E-state index in [0.717, 1.165) is 6.16 Å². The van der Waals surface area contributed by atoms with Gasteiger partial charge in [-0.25, -0.2) is 0 Å². The van der Waals surface area contributed by atoms with Gasteiger partial charge in [0.1, 0.15) is 13.2 Å². The molecule has 4 unspecified atom stereocenters. The van der Waals surface area contributed by atoms with Crippen LogP contribution in [0.5, 0.6) is 0 Å². The lowest BCUT2D eigenvalue weighted by atomic mass is 9.82. The van der Waals surface area contributed by atoms with Crippen molar-refractivity contribution in [2.75, 3.05) is 46.0 Å². The van der Waals surface area contributed by atoms with Crippen molar-refractivity contribution in [3.05, 3.63) is 0 Å². The molecule has 0 aliphatic rings. The van der Waals surface area contributed by atoms with Gasteiger partial charge in [0, 0.05) is 39.2 Å². The van der Waals surface area contributed by atoms with Gasteiger partial charge in [0.15, 0.2) is 0 Å². The molecule has 0 spiro atoms. The Labute approximate surface area is 243 Å². The average Bonchev–Trinajstić information content (AvgIpc) is 2.66. The third kappa shape index (κ3) is 27.6. The molecule has 0 aromatic rings. The molecule has 9 nitrogen and oxygen atoms in total. The number of carboxylic acids is 2. The maximum Gasteiger partial charge on any atom is 0.309 e. The fourth-order valence-corrected chi connectivity index (χ4v) is 3.68. The fourth-order valence-electron chi connectivity index (χ4n) is 3.04. The molecule has 0 saturated carbocycles. The maximum atomic E-state index is 12.4. The minimum atomic E-state index is -1.49. The smallest absolute Gasteiger partial charge is 0.309 e. The van der Waals surface area contributed by atoms with Crippen molar-refractivity contribution in [2.45, 2.75) is 98.9 Å². The Morgan fingerprint density at radius 2 is 1.08 bits per heavy atom. The molecule has 0 aliphatic carbocycles. The molecule has 0 bridgehead atoms. The van der Waals surface area contributed by atoms with Gasteiger partial charge in [0.05, 0.1) is 24.6 Å². The molecule has 0 fully saturated rings. The first-order valence-corrected chi connectivity index (χ1v) is 13.8. The quantitative estimate of drug-likeness (QED) is 0.200. The van der Waals surface area contributed by atoms with Crippen molar-refractivity contribution in [1.82, 2.24) is 0 Å². The van der Waals surface area contributed by atoms with Crippen LogP contribution in [0.1, 0.15) is 98.9 Å². The van der Waals surface area contributed by atoms with E-state index >= 15 is 0 Å². The highest BCUT2D eigenvalue weighted by atomic mass is 31.2. The number of aliphatic hydroxyl groups is 1. The number of rotatable bonds is 16. The summed E-state index contributed by atoms with van der Waals surface area (Å²) in [6, 6.07) is 0. The molecule has 0 rings (SSSR count). The minimum absolute atomic E-state index is 0. The summed E-state index contributed by atoms with van der Waals surface area (Å²) in [7, 11) is -1.12. The highest BCUT2D eigenvalue weighted by Crippen LogP contribution is 2.45. The zero-order chi connectivity index (χ0) is 24.2. The van der Waals surface area contributed by atoms with Crippen molar-refractivity contribution < 1.29 is 44.0 Å². The second-order valence-corrected chi connectivity index (χ2v) is 13.8. The van der Waals surface area contributed by atoms with E-state index < -0.39 is 54.8 Å². The normalized spacial score (nSPS) is 12.3. The van der Waals surface area contributed by atoms with E-state index in [1.54, 1.807) is 6.92 Å². The van der Waals surface area contributed by atoms with E-state index in [4.69, 9.17) is 14.6 Å². The standard InChI is InChI=1S/C21H37O9P.8CH4/c1-6-15(21(28)30-9-10-31(3,4)5)12-17(19(25)26)13-16(18(23)24)11-14(2)20(27)29-8-7-22;;;;;;;;/h14-17,22H,6-13H2,1-5H3,(H-,23,24,25,26);8*1H4/p-1. The molecule has 0 saturated heterocycles. The van der Waals surface area contributed by atoms with Crippen LogP contribution in [-0.2, 0) is 28.7 Å². The Kier molecular flexibility index (Phi) is 48.5. The van der Waals surface area contributed by atoms with E-state index in [0.29, 0.717) is 6.42 Å². The zero-order valence-electron chi connectivity index (χ0n) is 19.1. The molecule has 1 N–H and O–H groups in total. The lowest BCUT2D eigenvalue weighted by Crippen LogP contribution is -2.40. The highest BCUT2D eigenvalue weighted by Gasteiger charge is 2.29. The molecular weight excluding hydrogens is 523 g/mol. The van der Waals surface area contributed by atoms with Crippen molar-refractivity contribution in [1.29, 1.82) is 0 Å². The average molecular weight is 592 g/mol. The summed E-state index contributed by atoms with van der Waals surface area (Å²) in [5, 5.41) is 31.9. The van der Waals surface area contributed by atoms with Crippen LogP contribution in [0.4, 0.5) is 0 Å². The van der Waals surface area contributed by atoms with Gasteiger partial charge in [0.2, 0.25) is 0 Å². The SMILES string of the molecule is C.C.C.C.C.C.C.C.CCC(CC(CC(CC(C)C(=O)OCCO)C(=O)[O-])C(=O)[O-])C(=O)OCC[P+](C)(C)C. The Hall–Kier alpha value is -1.73. The molecular formula is C29H68O9P-. The molecule has 244 valence electrons. The molecule has 39 heavy (non-hydrogen) atoms. The number of aliphatic carboxylic acids is 2. The summed E-state index contributed by atoms with van der Waals surface area (Å²) in [6.45, 7) is 9.22. The number of ether oxygens (including phenoxy) is 2. The van der Waals surface area contributed by atoms with Crippen LogP contribution in [-0.4, -0.2) is 75.0 Å². The third-order valence-corrected chi connectivity index (χ3v) is 6.54. The Morgan fingerprint density at radius 1 is 0.692 bits per heavy atom. The molecule has 0 amide bonds. The number of hydrogen-bond acceptors (Lipinski definition) is 9. The summed E-state index contributed by atoms with van der Waals surface area (Å²) in [4.78, 5) is 47.4. The lowest BCUT2D eigenvalue weighted by Gasteiger charge is -2.28. The summed E-state index contributed by atoms with van der Waals surface area (Å²) in [5.74, 6) is -8.13. The van der Waals surface area contributed by atoms with E-state index in [1.165, 1.54) is 6.92 Å². The highest BCUT2D eigenvalue weighted by molar-refractivity contribution is 7.73. The number of carbonyl (C=O) groups excluding carboxylic acids is 4. The molecule has 10 heteroatoms. The summed E-state index contributed by atoms with van der Waals surface area (Å²) in [6.07, 6.45) is 0.463. The van der Waals surface area contributed by atoms with Crippen LogP contribution in [0, 0.1) is 23.7 Å². The predicted octanol–water partition coefficient (Wildman–Crippen LogP) is 4.63. The monoisotopic (exact) mass is 591 g/mol. The van der Waals surface area contributed by atoms with E-state index in [2.05, 4.69) is 20.0 Å². The van der Waals surface area contributed by atoms with E-state index in [-0.39, 0.29) is 98.5 Å². The largest absolute Gasteiger partial charge is 0.550 e. The van der Waals surface area contributed by atoms with Gasteiger partial charge in [-0.2, -0.15) is 0 Å². The van der Waals surface area contributed by atoms with Crippen LogP contribution in [0.25, 0.3) is 0 Å². The van der Waals surface area contributed by atoms with Crippen molar-refractivity contribution in [3.63, 3.8) is 0 Å². The number of carbonyl (C=O) groups is 4. The van der Waals surface area contributed by atoms with Crippen LogP contribution in [0.3, 0.4) is 0 Å². The van der Waals surface area contributed by atoms with Gasteiger partial charge >= 0.3 is 11.9 Å². The first kappa shape index (κ1) is 61.3. The molecule has 4 atom stereocenters. The molecule has 0 radical (unpaired) electrons. The second kappa shape index (κ2) is 30.8. The maximum absolute atomic E-state index is 12.4. The molecule has 0 aromatic heterocycles. The van der Waals surface area contributed by atoms with Crippen LogP contribution >= 0.6 is 7.26 Å². The van der Waals surface area contributed by atoms with Gasteiger partial charge in [-0.1, -0.05) is 73.3 Å². The van der Waals surface area contributed by atoms with E-state index in [1.807, 2.05) is 0 Å². The van der Waals surface area contributed by atoms with Crippen molar-refractivity contribution >= 4 is 31.1 Å². The first-order chi connectivity index (χ1) is 14.3. The van der Waals surface area contributed by atoms with Crippen molar-refractivity contribution in [2.24, 2.45) is 23.7 Å². The molecule has 0 aromatic carbocycles. The number of hydrogen-bond donors (Lipinski definition) is 1.